The molecule has 126 valence electrons. The molecule has 1 atom stereocenters. The summed E-state index contributed by atoms with van der Waals surface area (Å²) >= 11 is 5.77. The summed E-state index contributed by atoms with van der Waals surface area (Å²) in [6.45, 7) is 0.743. The molecule has 1 aliphatic heterocycles. The molecule has 1 aromatic carbocycles. The van der Waals surface area contributed by atoms with Gasteiger partial charge in [-0.15, -0.1) is 0 Å². The van der Waals surface area contributed by atoms with Gasteiger partial charge in [0, 0.05) is 17.7 Å². The summed E-state index contributed by atoms with van der Waals surface area (Å²) in [4.78, 5) is 12.7. The molecule has 0 spiro atoms. The molecule has 0 radical (unpaired) electrons. The first-order valence-electron chi connectivity index (χ1n) is 7.74. The lowest BCUT2D eigenvalue weighted by Crippen LogP contribution is -2.01. The van der Waals surface area contributed by atoms with Crippen molar-refractivity contribution in [1.82, 2.24) is 19.5 Å². The van der Waals surface area contributed by atoms with Crippen LogP contribution in [0.4, 0.5) is 15.9 Å². The minimum absolute atomic E-state index is 0.0555. The normalized spacial score (nSPS) is 16.6. The fourth-order valence-electron chi connectivity index (χ4n) is 2.56. The molecule has 1 saturated heterocycles. The summed E-state index contributed by atoms with van der Waals surface area (Å²) < 4.78 is 21.1. The van der Waals surface area contributed by atoms with Gasteiger partial charge in [0.05, 0.1) is 5.69 Å². The maximum atomic E-state index is 14.0. The van der Waals surface area contributed by atoms with Crippen LogP contribution < -0.4 is 5.32 Å². The predicted molar refractivity (Wildman–Crippen MR) is 92.2 cm³/mol. The van der Waals surface area contributed by atoms with E-state index in [0.29, 0.717) is 22.0 Å². The van der Waals surface area contributed by atoms with Gasteiger partial charge < -0.3 is 10.1 Å². The fourth-order valence-corrected chi connectivity index (χ4v) is 2.72. The number of rotatable bonds is 2. The van der Waals surface area contributed by atoms with Crippen molar-refractivity contribution in [2.45, 2.75) is 18.9 Å². The van der Waals surface area contributed by atoms with Gasteiger partial charge in [0.2, 0.25) is 0 Å². The molecule has 8 heteroatoms. The first-order chi connectivity index (χ1) is 12.2. The van der Waals surface area contributed by atoms with Gasteiger partial charge >= 0.3 is 0 Å². The molecule has 0 aliphatic carbocycles. The first kappa shape index (κ1) is 15.8. The van der Waals surface area contributed by atoms with Crippen molar-refractivity contribution in [3.63, 3.8) is 0 Å². The smallest absolute Gasteiger partial charge is 0.177 e. The number of hydrogen-bond acceptors (Lipinski definition) is 5. The monoisotopic (exact) mass is 357 g/mol. The Labute approximate surface area is 148 Å². The van der Waals surface area contributed by atoms with E-state index in [4.69, 9.17) is 16.3 Å². The van der Waals surface area contributed by atoms with Crippen LogP contribution in [-0.2, 0) is 4.74 Å². The van der Waals surface area contributed by atoms with E-state index in [9.17, 15) is 4.39 Å². The van der Waals surface area contributed by atoms with Crippen LogP contribution in [0.15, 0.2) is 30.9 Å². The van der Waals surface area contributed by atoms with E-state index in [2.05, 4.69) is 32.2 Å². The summed E-state index contributed by atoms with van der Waals surface area (Å²) in [6, 6.07) is 7.36. The second-order valence-electron chi connectivity index (χ2n) is 5.52. The standard InChI is InChI=1S/C17H13ClFN5O/c18-11-3-4-14(13(19)8-11)23-16-15-17(21-9-20-16)24(10-22-15)6-5-12-2-1-7-25-12/h3-4,8-10,12H,1-2,7H2,(H,20,21,23). The van der Waals surface area contributed by atoms with Crippen LogP contribution in [-0.4, -0.2) is 32.2 Å². The number of nitrogens with one attached hydrogen (secondary N) is 1. The Hall–Kier alpha value is -2.69. The van der Waals surface area contributed by atoms with Crippen LogP contribution >= 0.6 is 11.6 Å². The molecule has 25 heavy (non-hydrogen) atoms. The zero-order valence-corrected chi connectivity index (χ0v) is 13.8. The van der Waals surface area contributed by atoms with Crippen molar-refractivity contribution in [3.8, 4) is 12.0 Å². The van der Waals surface area contributed by atoms with E-state index in [0.717, 1.165) is 19.4 Å². The van der Waals surface area contributed by atoms with Crippen molar-refractivity contribution in [1.29, 1.82) is 0 Å². The van der Waals surface area contributed by atoms with Gasteiger partial charge in [-0.1, -0.05) is 11.6 Å². The Balaban J connectivity index is 1.66. The van der Waals surface area contributed by atoms with E-state index in [1.807, 2.05) is 0 Å². The van der Waals surface area contributed by atoms with Gasteiger partial charge in [-0.25, -0.2) is 23.9 Å². The summed E-state index contributed by atoms with van der Waals surface area (Å²) in [5, 5.41) is 3.24. The fraction of sp³-hybridized carbons (Fsp3) is 0.235. The second-order valence-corrected chi connectivity index (χ2v) is 5.95. The van der Waals surface area contributed by atoms with E-state index < -0.39 is 5.82 Å². The minimum Gasteiger partial charge on any atom is -0.365 e. The Bertz CT molecular complexity index is 988. The molecule has 3 aromatic rings. The summed E-state index contributed by atoms with van der Waals surface area (Å²) in [6.07, 6.45) is 4.83. The molecule has 1 N–H and O–H groups in total. The number of aromatic nitrogens is 4. The van der Waals surface area contributed by atoms with E-state index in [-0.39, 0.29) is 11.8 Å². The molecule has 6 nitrogen and oxygen atoms in total. The van der Waals surface area contributed by atoms with Crippen molar-refractivity contribution in [2.75, 3.05) is 11.9 Å². The lowest BCUT2D eigenvalue weighted by atomic mass is 10.2. The van der Waals surface area contributed by atoms with E-state index in [1.54, 1.807) is 23.0 Å². The first-order valence-corrected chi connectivity index (χ1v) is 8.12. The number of ether oxygens (including phenoxy) is 1. The highest BCUT2D eigenvalue weighted by atomic mass is 35.5. The minimum atomic E-state index is -0.475. The average Bonchev–Trinajstić information content (AvgIpc) is 3.25. The third-order valence-corrected chi connectivity index (χ3v) is 4.03. The topological polar surface area (TPSA) is 64.9 Å². The molecule has 1 unspecified atom stereocenters. The van der Waals surface area contributed by atoms with Crippen molar-refractivity contribution >= 4 is 34.3 Å². The second kappa shape index (κ2) is 6.67. The molecule has 3 heterocycles. The van der Waals surface area contributed by atoms with Crippen LogP contribution in [0.3, 0.4) is 0 Å². The molecule has 4 rings (SSSR count). The Kier molecular flexibility index (Phi) is 4.22. The lowest BCUT2D eigenvalue weighted by molar-refractivity contribution is 0.152. The Morgan fingerprint density at radius 1 is 1.32 bits per heavy atom. The highest BCUT2D eigenvalue weighted by Crippen LogP contribution is 2.25. The maximum absolute atomic E-state index is 14.0. The lowest BCUT2D eigenvalue weighted by Gasteiger charge is -2.07. The van der Waals surface area contributed by atoms with E-state index >= 15 is 0 Å². The quantitative estimate of drug-likeness (QED) is 0.712. The van der Waals surface area contributed by atoms with Crippen molar-refractivity contribution < 1.29 is 9.13 Å². The zero-order valence-electron chi connectivity index (χ0n) is 13.0. The number of nitrogens with zero attached hydrogens (tertiary/aromatic N) is 4. The van der Waals surface area contributed by atoms with Crippen LogP contribution in [0, 0.1) is 17.8 Å². The van der Waals surface area contributed by atoms with Crippen LogP contribution in [0.5, 0.6) is 0 Å². The number of benzene rings is 1. The molecular formula is C17H13ClFN5O. The number of fused-ring (bicyclic) bond motifs is 1. The van der Waals surface area contributed by atoms with Crippen molar-refractivity contribution in [2.24, 2.45) is 0 Å². The number of anilines is 2. The maximum Gasteiger partial charge on any atom is 0.177 e. The highest BCUT2D eigenvalue weighted by molar-refractivity contribution is 6.30. The molecule has 0 amide bonds. The Morgan fingerprint density at radius 2 is 2.24 bits per heavy atom. The van der Waals surface area contributed by atoms with Gasteiger partial charge in [-0.3, -0.25) is 0 Å². The average molecular weight is 358 g/mol. The molecule has 0 bridgehead atoms. The van der Waals surface area contributed by atoms with Crippen LogP contribution in [0.2, 0.25) is 5.02 Å². The summed E-state index contributed by atoms with van der Waals surface area (Å²) in [5.74, 6) is 2.97. The van der Waals surface area contributed by atoms with E-state index in [1.165, 1.54) is 12.4 Å². The van der Waals surface area contributed by atoms with Gasteiger partial charge in [0.15, 0.2) is 17.0 Å². The third-order valence-electron chi connectivity index (χ3n) is 3.79. The molecule has 1 aliphatic rings. The number of imidazole rings is 1. The van der Waals surface area contributed by atoms with Crippen molar-refractivity contribution in [3.05, 3.63) is 41.7 Å². The Morgan fingerprint density at radius 3 is 3.04 bits per heavy atom. The van der Waals surface area contributed by atoms with Gasteiger partial charge in [0.25, 0.3) is 0 Å². The molecule has 0 saturated carbocycles. The molecule has 2 aromatic heterocycles. The zero-order chi connectivity index (χ0) is 17.2. The number of hydrogen-bond donors (Lipinski definition) is 1. The summed E-state index contributed by atoms with van der Waals surface area (Å²) in [7, 11) is 0. The van der Waals surface area contributed by atoms with Gasteiger partial charge in [-0.2, -0.15) is 0 Å². The highest BCUT2D eigenvalue weighted by Gasteiger charge is 2.14. The van der Waals surface area contributed by atoms with Gasteiger partial charge in [-0.05, 0) is 37.0 Å². The third kappa shape index (κ3) is 3.27. The number of halogens is 2. The molecular weight excluding hydrogens is 345 g/mol. The van der Waals surface area contributed by atoms with Crippen LogP contribution in [0.25, 0.3) is 11.2 Å². The van der Waals surface area contributed by atoms with Gasteiger partial charge in [0.1, 0.15) is 24.6 Å². The van der Waals surface area contributed by atoms with Crippen LogP contribution in [0.1, 0.15) is 12.8 Å². The summed E-state index contributed by atoms with van der Waals surface area (Å²) in [5.41, 5.74) is 1.29. The predicted octanol–water partition coefficient (Wildman–Crippen LogP) is 3.35. The largest absolute Gasteiger partial charge is 0.365 e. The SMILES string of the molecule is Fc1cc(Cl)ccc1Nc1ncnc2c1ncn2C#CC1CCCO1. The molecule has 1 fully saturated rings.